The van der Waals surface area contributed by atoms with E-state index < -0.39 is 10.5 Å². The van der Waals surface area contributed by atoms with E-state index in [0.29, 0.717) is 5.56 Å². The Balaban J connectivity index is 3.05. The molecule has 0 heterocycles. The summed E-state index contributed by atoms with van der Waals surface area (Å²) in [5.41, 5.74) is -0.395. The van der Waals surface area contributed by atoms with Gasteiger partial charge in [-0.2, -0.15) is 0 Å². The first-order chi connectivity index (χ1) is 7.39. The second kappa shape index (κ2) is 4.45. The van der Waals surface area contributed by atoms with E-state index in [4.69, 9.17) is 0 Å². The monoisotopic (exact) mass is 221 g/mol. The van der Waals surface area contributed by atoms with Crippen LogP contribution in [-0.2, 0) is 5.60 Å². The first-order valence-electron chi connectivity index (χ1n) is 4.99. The Morgan fingerprint density at radius 2 is 2.00 bits per heavy atom. The van der Waals surface area contributed by atoms with Gasteiger partial charge >= 0.3 is 0 Å². The minimum atomic E-state index is -1.06. The fraction of sp³-hybridized carbons (Fsp3) is 0.333. The van der Waals surface area contributed by atoms with Gasteiger partial charge in [0.1, 0.15) is 0 Å². The molecular weight excluding hydrogens is 206 g/mol. The number of hydrogen-bond donors (Lipinski definition) is 1. The number of rotatable bonds is 4. The van der Waals surface area contributed by atoms with Crippen LogP contribution in [0.25, 0.3) is 0 Å². The van der Waals surface area contributed by atoms with Crippen LogP contribution in [0.15, 0.2) is 36.9 Å². The highest BCUT2D eigenvalue weighted by Crippen LogP contribution is 2.30. The molecular formula is C12H15NO3. The van der Waals surface area contributed by atoms with Crippen LogP contribution in [0.3, 0.4) is 0 Å². The second-order valence-electron chi connectivity index (χ2n) is 3.98. The third kappa shape index (κ3) is 2.28. The van der Waals surface area contributed by atoms with Gasteiger partial charge in [-0.3, -0.25) is 10.1 Å². The maximum absolute atomic E-state index is 10.5. The SMILES string of the molecule is C=CC(C)C(C)(O)c1ccc([N+](=O)[O-])cc1. The standard InChI is InChI=1S/C12H15NO3/c1-4-9(2)12(3,14)10-5-7-11(8-6-10)13(15)16/h4-9,14H,1H2,2-3H3. The van der Waals surface area contributed by atoms with E-state index in [-0.39, 0.29) is 11.6 Å². The van der Waals surface area contributed by atoms with Gasteiger partial charge in [0.2, 0.25) is 0 Å². The van der Waals surface area contributed by atoms with E-state index in [1.165, 1.54) is 12.1 Å². The molecule has 1 aromatic rings. The Morgan fingerprint density at radius 3 is 2.38 bits per heavy atom. The third-order valence-corrected chi connectivity index (χ3v) is 2.90. The highest BCUT2D eigenvalue weighted by Gasteiger charge is 2.28. The molecule has 0 amide bonds. The van der Waals surface area contributed by atoms with Crippen molar-refractivity contribution in [2.24, 2.45) is 5.92 Å². The first kappa shape index (κ1) is 12.4. The number of non-ortho nitro benzene ring substituents is 1. The van der Waals surface area contributed by atoms with E-state index in [1.807, 2.05) is 6.92 Å². The normalized spacial score (nSPS) is 16.2. The molecule has 86 valence electrons. The quantitative estimate of drug-likeness (QED) is 0.483. The van der Waals surface area contributed by atoms with E-state index in [0.717, 1.165) is 0 Å². The van der Waals surface area contributed by atoms with E-state index in [1.54, 1.807) is 25.1 Å². The highest BCUT2D eigenvalue weighted by molar-refractivity contribution is 5.35. The summed E-state index contributed by atoms with van der Waals surface area (Å²) in [7, 11) is 0. The number of benzene rings is 1. The largest absolute Gasteiger partial charge is 0.385 e. The lowest BCUT2D eigenvalue weighted by Crippen LogP contribution is -2.28. The molecule has 1 N–H and O–H groups in total. The van der Waals surface area contributed by atoms with Gasteiger partial charge in [0.25, 0.3) is 5.69 Å². The summed E-state index contributed by atoms with van der Waals surface area (Å²) in [6.45, 7) is 7.14. The topological polar surface area (TPSA) is 63.4 Å². The fourth-order valence-corrected chi connectivity index (χ4v) is 1.41. The zero-order valence-electron chi connectivity index (χ0n) is 9.38. The van der Waals surface area contributed by atoms with Gasteiger partial charge < -0.3 is 5.11 Å². The van der Waals surface area contributed by atoms with Gasteiger partial charge in [0, 0.05) is 18.1 Å². The second-order valence-corrected chi connectivity index (χ2v) is 3.98. The number of nitro benzene ring substituents is 1. The molecule has 1 aromatic carbocycles. The summed E-state index contributed by atoms with van der Waals surface area (Å²) in [5.74, 6) is -0.131. The molecule has 0 aliphatic carbocycles. The van der Waals surface area contributed by atoms with Gasteiger partial charge in [-0.1, -0.05) is 13.0 Å². The van der Waals surface area contributed by atoms with Crippen molar-refractivity contribution in [3.8, 4) is 0 Å². The molecule has 0 aromatic heterocycles. The molecule has 0 spiro atoms. The van der Waals surface area contributed by atoms with Crippen LogP contribution < -0.4 is 0 Å². The predicted octanol–water partition coefficient (Wildman–Crippen LogP) is 2.62. The molecule has 0 aliphatic rings. The Labute approximate surface area is 94.4 Å². The number of hydrogen-bond acceptors (Lipinski definition) is 3. The molecule has 4 nitrogen and oxygen atoms in total. The number of nitrogens with zero attached hydrogens (tertiary/aromatic N) is 1. The summed E-state index contributed by atoms with van der Waals surface area (Å²) in [5, 5.41) is 20.7. The lowest BCUT2D eigenvalue weighted by Gasteiger charge is -2.28. The summed E-state index contributed by atoms with van der Waals surface area (Å²) in [4.78, 5) is 10.0. The molecule has 2 unspecified atom stereocenters. The van der Waals surface area contributed by atoms with Crippen LogP contribution >= 0.6 is 0 Å². The van der Waals surface area contributed by atoms with Crippen LogP contribution in [0.2, 0.25) is 0 Å². The zero-order valence-corrected chi connectivity index (χ0v) is 9.38. The minimum absolute atomic E-state index is 0.0193. The highest BCUT2D eigenvalue weighted by atomic mass is 16.6. The maximum atomic E-state index is 10.5. The number of aliphatic hydroxyl groups is 1. The molecule has 2 atom stereocenters. The van der Waals surface area contributed by atoms with Crippen LogP contribution in [0.4, 0.5) is 5.69 Å². The van der Waals surface area contributed by atoms with Gasteiger partial charge in [-0.25, -0.2) is 0 Å². The summed E-state index contributed by atoms with van der Waals surface area (Å²) in [6, 6.07) is 5.91. The molecule has 0 saturated carbocycles. The molecule has 1 rings (SSSR count). The Hall–Kier alpha value is -1.68. The van der Waals surface area contributed by atoms with Crippen molar-refractivity contribution >= 4 is 5.69 Å². The molecule has 0 aliphatic heterocycles. The van der Waals surface area contributed by atoms with Gasteiger partial charge in [0.05, 0.1) is 10.5 Å². The molecule has 0 fully saturated rings. The van der Waals surface area contributed by atoms with Crippen LogP contribution in [0.1, 0.15) is 19.4 Å². The summed E-state index contributed by atoms with van der Waals surface area (Å²) in [6.07, 6.45) is 1.65. The minimum Gasteiger partial charge on any atom is -0.385 e. The van der Waals surface area contributed by atoms with Crippen molar-refractivity contribution in [1.82, 2.24) is 0 Å². The van der Waals surface area contributed by atoms with Crippen LogP contribution in [0.5, 0.6) is 0 Å². The Kier molecular flexibility index (Phi) is 3.44. The lowest BCUT2D eigenvalue weighted by molar-refractivity contribution is -0.384. The van der Waals surface area contributed by atoms with E-state index in [9.17, 15) is 15.2 Å². The van der Waals surface area contributed by atoms with Crippen molar-refractivity contribution < 1.29 is 10.0 Å². The molecule has 4 heteroatoms. The predicted molar refractivity (Wildman–Crippen MR) is 62.0 cm³/mol. The lowest BCUT2D eigenvalue weighted by atomic mass is 9.84. The molecule has 16 heavy (non-hydrogen) atoms. The number of nitro groups is 1. The summed E-state index contributed by atoms with van der Waals surface area (Å²) < 4.78 is 0. The van der Waals surface area contributed by atoms with Gasteiger partial charge in [-0.05, 0) is 24.6 Å². The third-order valence-electron chi connectivity index (χ3n) is 2.90. The first-order valence-corrected chi connectivity index (χ1v) is 4.99. The van der Waals surface area contributed by atoms with Crippen molar-refractivity contribution in [2.45, 2.75) is 19.4 Å². The van der Waals surface area contributed by atoms with Crippen molar-refractivity contribution in [3.63, 3.8) is 0 Å². The molecule has 0 radical (unpaired) electrons. The zero-order chi connectivity index (χ0) is 12.3. The summed E-state index contributed by atoms with van der Waals surface area (Å²) >= 11 is 0. The average Bonchev–Trinajstić information content (AvgIpc) is 2.28. The molecule has 0 saturated heterocycles. The Morgan fingerprint density at radius 1 is 1.50 bits per heavy atom. The fourth-order valence-electron chi connectivity index (χ4n) is 1.41. The van der Waals surface area contributed by atoms with Crippen LogP contribution in [0, 0.1) is 16.0 Å². The Bertz CT molecular complexity index is 395. The van der Waals surface area contributed by atoms with Crippen LogP contribution in [-0.4, -0.2) is 10.0 Å². The van der Waals surface area contributed by atoms with Gasteiger partial charge in [0.15, 0.2) is 0 Å². The molecule has 0 bridgehead atoms. The average molecular weight is 221 g/mol. The van der Waals surface area contributed by atoms with Crippen molar-refractivity contribution in [1.29, 1.82) is 0 Å². The van der Waals surface area contributed by atoms with E-state index >= 15 is 0 Å². The van der Waals surface area contributed by atoms with E-state index in [2.05, 4.69) is 6.58 Å². The van der Waals surface area contributed by atoms with Crippen molar-refractivity contribution in [2.75, 3.05) is 0 Å². The smallest absolute Gasteiger partial charge is 0.269 e. The maximum Gasteiger partial charge on any atom is 0.269 e. The van der Waals surface area contributed by atoms with Gasteiger partial charge in [-0.15, -0.1) is 6.58 Å². The van der Waals surface area contributed by atoms with Crippen molar-refractivity contribution in [3.05, 3.63) is 52.6 Å².